The lowest BCUT2D eigenvalue weighted by atomic mass is 9.89. The maximum Gasteiger partial charge on any atom is 0.164 e. The number of methoxy groups -OCH3 is 1. The summed E-state index contributed by atoms with van der Waals surface area (Å²) in [7, 11) is 1.63. The Morgan fingerprint density at radius 1 is 1.44 bits per heavy atom. The molecule has 1 rings (SSSR count). The van der Waals surface area contributed by atoms with Crippen molar-refractivity contribution in [1.29, 1.82) is 0 Å². The van der Waals surface area contributed by atoms with E-state index in [0.29, 0.717) is 6.42 Å². The Hall–Kier alpha value is -0.670. The Bertz CT molecular complexity index is 304. The van der Waals surface area contributed by atoms with Crippen LogP contribution >= 0.6 is 11.3 Å². The maximum absolute atomic E-state index is 12.1. The summed E-state index contributed by atoms with van der Waals surface area (Å²) in [5.74, 6) is 0.228. The molecule has 0 radical (unpaired) electrons. The quantitative estimate of drug-likeness (QED) is 0.729. The minimum Gasteiger partial charge on any atom is -0.370 e. The van der Waals surface area contributed by atoms with E-state index in [1.807, 2.05) is 19.2 Å². The summed E-state index contributed by atoms with van der Waals surface area (Å²) in [4.78, 5) is 12.1. The molecule has 0 unspecified atom stereocenters. The van der Waals surface area contributed by atoms with Crippen LogP contribution < -0.4 is 0 Å². The standard InChI is InChI=1S/C13H20O2S/c1-4-13(5-2,15-3)12(14)7-6-11-8-9-16-10-11/h8-10H,4-7H2,1-3H3. The molecule has 2 nitrogen and oxygen atoms in total. The van der Waals surface area contributed by atoms with Crippen molar-refractivity contribution in [1.82, 2.24) is 0 Å². The van der Waals surface area contributed by atoms with Gasteiger partial charge in [0.05, 0.1) is 0 Å². The maximum atomic E-state index is 12.1. The number of aryl methyl sites for hydroxylation is 1. The fourth-order valence-electron chi connectivity index (χ4n) is 1.97. The number of carbonyl (C=O) groups excluding carboxylic acids is 1. The molecule has 0 aliphatic carbocycles. The smallest absolute Gasteiger partial charge is 0.164 e. The normalized spacial score (nSPS) is 11.7. The van der Waals surface area contributed by atoms with Crippen LogP contribution in [0.3, 0.4) is 0 Å². The highest BCUT2D eigenvalue weighted by atomic mass is 32.1. The van der Waals surface area contributed by atoms with E-state index in [0.717, 1.165) is 19.3 Å². The second-order valence-corrected chi connectivity index (χ2v) is 4.74. The van der Waals surface area contributed by atoms with Crippen molar-refractivity contribution >= 4 is 17.1 Å². The van der Waals surface area contributed by atoms with Crippen LogP contribution in [0.15, 0.2) is 16.8 Å². The molecule has 0 saturated carbocycles. The molecule has 16 heavy (non-hydrogen) atoms. The van der Waals surface area contributed by atoms with E-state index in [4.69, 9.17) is 4.74 Å². The van der Waals surface area contributed by atoms with Gasteiger partial charge in [0.1, 0.15) is 5.60 Å². The molecule has 1 aromatic heterocycles. The number of ketones is 1. The summed E-state index contributed by atoms with van der Waals surface area (Å²) in [6, 6.07) is 2.07. The van der Waals surface area contributed by atoms with Gasteiger partial charge >= 0.3 is 0 Å². The van der Waals surface area contributed by atoms with Crippen LogP contribution in [0.4, 0.5) is 0 Å². The molecule has 0 atom stereocenters. The lowest BCUT2D eigenvalue weighted by molar-refractivity contribution is -0.142. The lowest BCUT2D eigenvalue weighted by Crippen LogP contribution is -2.39. The van der Waals surface area contributed by atoms with Gasteiger partial charge in [0.25, 0.3) is 0 Å². The highest BCUT2D eigenvalue weighted by Crippen LogP contribution is 2.23. The van der Waals surface area contributed by atoms with Crippen LogP contribution in [0.5, 0.6) is 0 Å². The Balaban J connectivity index is 2.56. The topological polar surface area (TPSA) is 26.3 Å². The summed E-state index contributed by atoms with van der Waals surface area (Å²) in [5, 5.41) is 4.14. The van der Waals surface area contributed by atoms with Crippen LogP contribution in [-0.4, -0.2) is 18.5 Å². The Labute approximate surface area is 102 Å². The third kappa shape index (κ3) is 2.92. The van der Waals surface area contributed by atoms with E-state index >= 15 is 0 Å². The molecule has 0 saturated heterocycles. The molecule has 1 aromatic rings. The van der Waals surface area contributed by atoms with E-state index in [1.165, 1.54) is 5.56 Å². The van der Waals surface area contributed by atoms with Crippen LogP contribution in [0.2, 0.25) is 0 Å². The lowest BCUT2D eigenvalue weighted by Gasteiger charge is -2.28. The van der Waals surface area contributed by atoms with E-state index in [2.05, 4.69) is 11.4 Å². The minimum absolute atomic E-state index is 0.228. The summed E-state index contributed by atoms with van der Waals surface area (Å²) in [6.45, 7) is 4.02. The average molecular weight is 240 g/mol. The number of carbonyl (C=O) groups is 1. The van der Waals surface area contributed by atoms with Crippen molar-refractivity contribution in [2.75, 3.05) is 7.11 Å². The zero-order chi connectivity index (χ0) is 12.0. The number of hydrogen-bond acceptors (Lipinski definition) is 3. The molecule has 90 valence electrons. The molecule has 3 heteroatoms. The number of thiophene rings is 1. The molecule has 0 spiro atoms. The molecular formula is C13H20O2S. The zero-order valence-corrected chi connectivity index (χ0v) is 11.1. The van der Waals surface area contributed by atoms with Gasteiger partial charge in [0.15, 0.2) is 5.78 Å². The van der Waals surface area contributed by atoms with Crippen molar-refractivity contribution in [2.24, 2.45) is 0 Å². The molecule has 0 N–H and O–H groups in total. The molecule has 1 heterocycles. The van der Waals surface area contributed by atoms with Crippen molar-refractivity contribution < 1.29 is 9.53 Å². The first-order valence-corrected chi connectivity index (χ1v) is 6.72. The van der Waals surface area contributed by atoms with E-state index in [9.17, 15) is 4.79 Å². The predicted molar refractivity (Wildman–Crippen MR) is 68.0 cm³/mol. The van der Waals surface area contributed by atoms with Gasteiger partial charge in [-0.3, -0.25) is 4.79 Å². The Morgan fingerprint density at radius 3 is 2.56 bits per heavy atom. The first-order chi connectivity index (χ1) is 7.68. The van der Waals surface area contributed by atoms with Crippen LogP contribution in [-0.2, 0) is 16.0 Å². The second-order valence-electron chi connectivity index (χ2n) is 3.96. The highest BCUT2D eigenvalue weighted by Gasteiger charge is 2.33. The third-order valence-electron chi connectivity index (χ3n) is 3.26. The SMILES string of the molecule is CCC(CC)(OC)C(=O)CCc1ccsc1. The van der Waals surface area contributed by atoms with Crippen molar-refractivity contribution in [3.63, 3.8) is 0 Å². The first kappa shape index (κ1) is 13.4. The third-order valence-corrected chi connectivity index (χ3v) is 3.99. The van der Waals surface area contributed by atoms with Crippen molar-refractivity contribution in [3.05, 3.63) is 22.4 Å². The van der Waals surface area contributed by atoms with Crippen LogP contribution in [0, 0.1) is 0 Å². The fraction of sp³-hybridized carbons (Fsp3) is 0.615. The molecule has 0 aromatic carbocycles. The summed E-state index contributed by atoms with van der Waals surface area (Å²) in [5.41, 5.74) is 0.686. The first-order valence-electron chi connectivity index (χ1n) is 5.78. The zero-order valence-electron chi connectivity index (χ0n) is 10.3. The molecular weight excluding hydrogens is 220 g/mol. The number of ether oxygens (including phenoxy) is 1. The second kappa shape index (κ2) is 6.16. The van der Waals surface area contributed by atoms with Gasteiger partial charge in [-0.1, -0.05) is 13.8 Å². The van der Waals surface area contributed by atoms with Crippen LogP contribution in [0.1, 0.15) is 38.7 Å². The summed E-state index contributed by atoms with van der Waals surface area (Å²) in [6.07, 6.45) is 2.91. The van der Waals surface area contributed by atoms with Crippen molar-refractivity contribution in [3.8, 4) is 0 Å². The summed E-state index contributed by atoms with van der Waals surface area (Å²) >= 11 is 1.67. The molecule has 0 amide bonds. The molecule has 0 aliphatic heterocycles. The van der Waals surface area contributed by atoms with Gasteiger partial charge in [0.2, 0.25) is 0 Å². The van der Waals surface area contributed by atoms with E-state index in [-0.39, 0.29) is 5.78 Å². The van der Waals surface area contributed by atoms with Gasteiger partial charge in [0, 0.05) is 13.5 Å². The van der Waals surface area contributed by atoms with Gasteiger partial charge in [-0.15, -0.1) is 0 Å². The van der Waals surface area contributed by atoms with Gasteiger partial charge in [-0.05, 0) is 41.7 Å². The fourth-order valence-corrected chi connectivity index (χ4v) is 2.67. The molecule has 0 aliphatic rings. The number of hydrogen-bond donors (Lipinski definition) is 0. The molecule has 0 fully saturated rings. The van der Waals surface area contributed by atoms with E-state index in [1.54, 1.807) is 18.4 Å². The molecule has 0 bridgehead atoms. The predicted octanol–water partition coefficient (Wildman–Crippen LogP) is 3.46. The Morgan fingerprint density at radius 2 is 2.12 bits per heavy atom. The highest BCUT2D eigenvalue weighted by molar-refractivity contribution is 7.07. The van der Waals surface area contributed by atoms with Crippen molar-refractivity contribution in [2.45, 2.75) is 45.1 Å². The Kier molecular flexibility index (Phi) is 5.16. The minimum atomic E-state index is -0.560. The number of rotatable bonds is 7. The van der Waals surface area contributed by atoms with Gasteiger partial charge < -0.3 is 4.74 Å². The largest absolute Gasteiger partial charge is 0.370 e. The van der Waals surface area contributed by atoms with E-state index < -0.39 is 5.60 Å². The van der Waals surface area contributed by atoms with Crippen LogP contribution in [0.25, 0.3) is 0 Å². The summed E-state index contributed by atoms with van der Waals surface area (Å²) < 4.78 is 5.42. The number of Topliss-reactive ketones (excluding diaryl/α,β-unsaturated/α-hetero) is 1. The van der Waals surface area contributed by atoms with Gasteiger partial charge in [-0.2, -0.15) is 11.3 Å². The monoisotopic (exact) mass is 240 g/mol. The van der Waals surface area contributed by atoms with Gasteiger partial charge in [-0.25, -0.2) is 0 Å². The average Bonchev–Trinajstić information content (AvgIpc) is 2.82.